The van der Waals surface area contributed by atoms with Crippen LogP contribution in [0, 0.1) is 6.92 Å². The third-order valence-corrected chi connectivity index (χ3v) is 3.68. The van der Waals surface area contributed by atoms with Crippen LogP contribution >= 0.6 is 0 Å². The molecule has 0 bridgehead atoms. The number of benzene rings is 2. The number of ether oxygens (including phenoxy) is 1. The van der Waals surface area contributed by atoms with E-state index in [9.17, 15) is 9.59 Å². The summed E-state index contributed by atoms with van der Waals surface area (Å²) >= 11 is 0. The van der Waals surface area contributed by atoms with E-state index in [1.165, 1.54) is 6.92 Å². The first-order valence-corrected chi connectivity index (χ1v) is 8.37. The molecule has 2 N–H and O–H groups in total. The molecular weight excluding hydrogens is 316 g/mol. The summed E-state index contributed by atoms with van der Waals surface area (Å²) in [6.45, 7) is 6.60. The van der Waals surface area contributed by atoms with E-state index in [1.54, 1.807) is 24.3 Å². The maximum absolute atomic E-state index is 12.2. The molecule has 5 nitrogen and oxygen atoms in total. The minimum Gasteiger partial charge on any atom is -0.494 e. The summed E-state index contributed by atoms with van der Waals surface area (Å²) < 4.78 is 5.53. The highest BCUT2D eigenvalue weighted by atomic mass is 16.5. The molecule has 0 saturated heterocycles. The molecule has 2 aromatic carbocycles. The SMILES string of the molecule is CCOc1ccc(CCNC(=O)c2cccc(NC(C)=O)c2)cc1C. The Kier molecular flexibility index (Phi) is 6.57. The van der Waals surface area contributed by atoms with Crippen molar-refractivity contribution < 1.29 is 14.3 Å². The summed E-state index contributed by atoms with van der Waals surface area (Å²) in [6.07, 6.45) is 0.740. The Morgan fingerprint density at radius 3 is 2.60 bits per heavy atom. The van der Waals surface area contributed by atoms with Gasteiger partial charge in [0.15, 0.2) is 0 Å². The predicted molar refractivity (Wildman–Crippen MR) is 99.1 cm³/mol. The Balaban J connectivity index is 1.90. The average Bonchev–Trinajstić information content (AvgIpc) is 2.57. The fourth-order valence-corrected chi connectivity index (χ4v) is 2.55. The second kappa shape index (κ2) is 8.87. The lowest BCUT2D eigenvalue weighted by Gasteiger charge is -2.10. The molecule has 2 aromatic rings. The Hall–Kier alpha value is -2.82. The first-order valence-electron chi connectivity index (χ1n) is 8.37. The minimum atomic E-state index is -0.163. The van der Waals surface area contributed by atoms with E-state index in [-0.39, 0.29) is 11.8 Å². The second-order valence-electron chi connectivity index (χ2n) is 5.80. The van der Waals surface area contributed by atoms with Crippen LogP contribution in [0.5, 0.6) is 5.75 Å². The van der Waals surface area contributed by atoms with E-state index in [0.717, 1.165) is 23.3 Å². The van der Waals surface area contributed by atoms with Crippen LogP contribution in [0.2, 0.25) is 0 Å². The quantitative estimate of drug-likeness (QED) is 0.812. The van der Waals surface area contributed by atoms with Crippen LogP contribution in [0.15, 0.2) is 42.5 Å². The van der Waals surface area contributed by atoms with E-state index in [4.69, 9.17) is 4.74 Å². The highest BCUT2D eigenvalue weighted by Crippen LogP contribution is 2.19. The molecule has 0 aliphatic heterocycles. The van der Waals surface area contributed by atoms with Crippen LogP contribution in [0.25, 0.3) is 0 Å². The number of aryl methyl sites for hydroxylation is 1. The van der Waals surface area contributed by atoms with Gasteiger partial charge in [-0.1, -0.05) is 18.2 Å². The molecule has 0 saturated carbocycles. The zero-order chi connectivity index (χ0) is 18.2. The van der Waals surface area contributed by atoms with Gasteiger partial charge in [0, 0.05) is 24.7 Å². The maximum atomic E-state index is 12.2. The van der Waals surface area contributed by atoms with Gasteiger partial charge in [0.1, 0.15) is 5.75 Å². The van der Waals surface area contributed by atoms with Gasteiger partial charge in [-0.15, -0.1) is 0 Å². The summed E-state index contributed by atoms with van der Waals surface area (Å²) in [4.78, 5) is 23.3. The average molecular weight is 340 g/mol. The van der Waals surface area contributed by atoms with Gasteiger partial charge in [0.2, 0.25) is 5.91 Å². The van der Waals surface area contributed by atoms with Crippen molar-refractivity contribution in [3.63, 3.8) is 0 Å². The number of rotatable bonds is 7. The van der Waals surface area contributed by atoms with Crippen molar-refractivity contribution in [3.05, 3.63) is 59.2 Å². The molecule has 0 heterocycles. The van der Waals surface area contributed by atoms with Crippen molar-refractivity contribution in [1.82, 2.24) is 5.32 Å². The summed E-state index contributed by atoms with van der Waals surface area (Å²) in [5, 5.41) is 5.58. The van der Waals surface area contributed by atoms with Crippen LogP contribution in [0.1, 0.15) is 35.3 Å². The molecule has 0 aromatic heterocycles. The van der Waals surface area contributed by atoms with E-state index >= 15 is 0 Å². The minimum absolute atomic E-state index is 0.158. The van der Waals surface area contributed by atoms with Gasteiger partial charge in [-0.2, -0.15) is 0 Å². The first kappa shape index (κ1) is 18.5. The number of carbonyl (C=O) groups excluding carboxylic acids is 2. The van der Waals surface area contributed by atoms with Gasteiger partial charge >= 0.3 is 0 Å². The van der Waals surface area contributed by atoms with Crippen molar-refractivity contribution in [2.75, 3.05) is 18.5 Å². The lowest BCUT2D eigenvalue weighted by Crippen LogP contribution is -2.25. The van der Waals surface area contributed by atoms with Crippen LogP contribution in [-0.2, 0) is 11.2 Å². The summed E-state index contributed by atoms with van der Waals surface area (Å²) in [5.41, 5.74) is 3.37. The lowest BCUT2D eigenvalue weighted by molar-refractivity contribution is -0.114. The van der Waals surface area contributed by atoms with Crippen molar-refractivity contribution in [3.8, 4) is 5.75 Å². The lowest BCUT2D eigenvalue weighted by atomic mass is 10.1. The van der Waals surface area contributed by atoms with Crippen molar-refractivity contribution in [1.29, 1.82) is 0 Å². The Morgan fingerprint density at radius 1 is 1.12 bits per heavy atom. The van der Waals surface area contributed by atoms with E-state index in [1.807, 2.05) is 26.0 Å². The number of anilines is 1. The molecule has 0 radical (unpaired) electrons. The van der Waals surface area contributed by atoms with Crippen LogP contribution in [-0.4, -0.2) is 25.0 Å². The molecule has 2 amide bonds. The standard InChI is InChI=1S/C20H24N2O3/c1-4-25-19-9-8-16(12-14(19)2)10-11-21-20(24)17-6-5-7-18(13-17)22-15(3)23/h5-9,12-13H,4,10-11H2,1-3H3,(H,21,24)(H,22,23). The van der Waals surface area contributed by atoms with E-state index < -0.39 is 0 Å². The molecule has 132 valence electrons. The van der Waals surface area contributed by atoms with E-state index in [2.05, 4.69) is 16.7 Å². The molecule has 0 aliphatic rings. The zero-order valence-electron chi connectivity index (χ0n) is 14.9. The number of amides is 2. The third-order valence-electron chi connectivity index (χ3n) is 3.68. The van der Waals surface area contributed by atoms with Gasteiger partial charge < -0.3 is 15.4 Å². The molecule has 0 unspecified atom stereocenters. The summed E-state index contributed by atoms with van der Waals surface area (Å²) in [7, 11) is 0. The fraction of sp³-hybridized carbons (Fsp3) is 0.300. The highest BCUT2D eigenvalue weighted by Gasteiger charge is 2.07. The molecular formula is C20H24N2O3. The van der Waals surface area contributed by atoms with Crippen LogP contribution in [0.4, 0.5) is 5.69 Å². The maximum Gasteiger partial charge on any atom is 0.251 e. The summed E-state index contributed by atoms with van der Waals surface area (Å²) in [5.74, 6) is 0.573. The zero-order valence-corrected chi connectivity index (χ0v) is 14.9. The van der Waals surface area contributed by atoms with Gasteiger partial charge in [-0.25, -0.2) is 0 Å². The second-order valence-corrected chi connectivity index (χ2v) is 5.80. The molecule has 0 aliphatic carbocycles. The Bertz CT molecular complexity index is 756. The Morgan fingerprint density at radius 2 is 1.92 bits per heavy atom. The molecule has 0 atom stereocenters. The smallest absolute Gasteiger partial charge is 0.251 e. The normalized spacial score (nSPS) is 10.2. The van der Waals surface area contributed by atoms with Crippen molar-refractivity contribution >= 4 is 17.5 Å². The third kappa shape index (κ3) is 5.64. The van der Waals surface area contributed by atoms with Gasteiger partial charge in [0.05, 0.1) is 6.61 Å². The van der Waals surface area contributed by atoms with Crippen LogP contribution < -0.4 is 15.4 Å². The number of carbonyl (C=O) groups is 2. The van der Waals surface area contributed by atoms with Gasteiger partial charge in [0.25, 0.3) is 5.91 Å². The molecule has 5 heteroatoms. The summed E-state index contributed by atoms with van der Waals surface area (Å²) in [6, 6.07) is 12.9. The number of hydrogen-bond donors (Lipinski definition) is 2. The van der Waals surface area contributed by atoms with E-state index in [0.29, 0.717) is 24.4 Å². The topological polar surface area (TPSA) is 67.4 Å². The molecule has 25 heavy (non-hydrogen) atoms. The molecule has 2 rings (SSSR count). The predicted octanol–water partition coefficient (Wildman–Crippen LogP) is 3.32. The highest BCUT2D eigenvalue weighted by molar-refractivity contribution is 5.96. The van der Waals surface area contributed by atoms with Crippen LogP contribution in [0.3, 0.4) is 0 Å². The van der Waals surface area contributed by atoms with Crippen molar-refractivity contribution in [2.45, 2.75) is 27.2 Å². The monoisotopic (exact) mass is 340 g/mol. The first-order chi connectivity index (χ1) is 12.0. The van der Waals surface area contributed by atoms with Crippen molar-refractivity contribution in [2.24, 2.45) is 0 Å². The fourth-order valence-electron chi connectivity index (χ4n) is 2.55. The largest absolute Gasteiger partial charge is 0.494 e. The van der Waals surface area contributed by atoms with Gasteiger partial charge in [-0.05, 0) is 55.7 Å². The molecule has 0 spiro atoms. The Labute approximate surface area is 148 Å². The molecule has 0 fully saturated rings. The van der Waals surface area contributed by atoms with Gasteiger partial charge in [-0.3, -0.25) is 9.59 Å². The number of nitrogens with one attached hydrogen (secondary N) is 2. The number of hydrogen-bond acceptors (Lipinski definition) is 3.